The molecule has 4 N–H and O–H groups in total. The van der Waals surface area contributed by atoms with Crippen LogP contribution in [0.4, 0.5) is 17.6 Å². The summed E-state index contributed by atoms with van der Waals surface area (Å²) in [6, 6.07) is 17.4. The maximum Gasteiger partial charge on any atom is 0.306 e. The molecule has 0 spiro atoms. The normalized spacial score (nSPS) is 19.2. The molecule has 10 heteroatoms. The second-order valence-corrected chi connectivity index (χ2v) is 11.8. The van der Waals surface area contributed by atoms with E-state index in [0.29, 0.717) is 17.8 Å². The molecule has 3 heterocycles. The molecule has 1 fully saturated rings. The molecule has 1 atom stereocenters. The topological polar surface area (TPSA) is 135 Å². The van der Waals surface area contributed by atoms with Crippen LogP contribution in [0.3, 0.4) is 0 Å². The van der Waals surface area contributed by atoms with Gasteiger partial charge in [-0.2, -0.15) is 9.67 Å². The van der Waals surface area contributed by atoms with E-state index in [-0.39, 0.29) is 11.9 Å². The molecule has 0 bridgehead atoms. The summed E-state index contributed by atoms with van der Waals surface area (Å²) >= 11 is 0. The van der Waals surface area contributed by atoms with Crippen molar-refractivity contribution < 1.29 is 9.90 Å². The van der Waals surface area contributed by atoms with Gasteiger partial charge in [-0.15, -0.1) is 15.3 Å². The van der Waals surface area contributed by atoms with Crippen LogP contribution in [0.1, 0.15) is 54.4 Å². The van der Waals surface area contributed by atoms with Crippen molar-refractivity contribution in [3.63, 3.8) is 0 Å². The molecule has 3 aliphatic rings. The van der Waals surface area contributed by atoms with Gasteiger partial charge < -0.3 is 21.1 Å². The largest absolute Gasteiger partial charge is 0.481 e. The van der Waals surface area contributed by atoms with Crippen molar-refractivity contribution in [2.45, 2.75) is 63.8 Å². The minimum absolute atomic E-state index is 0.190. The van der Waals surface area contributed by atoms with Crippen LogP contribution in [0, 0.1) is 5.92 Å². The van der Waals surface area contributed by atoms with E-state index >= 15 is 0 Å². The van der Waals surface area contributed by atoms with Crippen LogP contribution in [-0.2, 0) is 30.5 Å². The monoisotopic (exact) mass is 564 g/mol. The van der Waals surface area contributed by atoms with E-state index in [1.54, 1.807) is 4.68 Å². The Morgan fingerprint density at radius 2 is 1.67 bits per heavy atom. The first kappa shape index (κ1) is 26.6. The number of aryl methyl sites for hydroxylation is 4. The van der Waals surface area contributed by atoms with Gasteiger partial charge in [-0.1, -0.05) is 30.3 Å². The van der Waals surface area contributed by atoms with Gasteiger partial charge in [0.15, 0.2) is 5.82 Å². The second-order valence-electron chi connectivity index (χ2n) is 11.8. The van der Waals surface area contributed by atoms with E-state index in [1.807, 2.05) is 12.1 Å². The van der Waals surface area contributed by atoms with Gasteiger partial charge in [0.25, 0.3) is 0 Å². The van der Waals surface area contributed by atoms with Gasteiger partial charge in [0.2, 0.25) is 11.9 Å². The molecule has 7 rings (SSSR count). The lowest BCUT2D eigenvalue weighted by atomic mass is 9.94. The summed E-state index contributed by atoms with van der Waals surface area (Å²) < 4.78 is 1.55. The molecule has 0 radical (unpaired) electrons. The number of hydrogen-bond donors (Lipinski definition) is 3. The van der Waals surface area contributed by atoms with E-state index in [0.717, 1.165) is 93.4 Å². The standard InChI is InChI=1S/C32H36N8O2/c33-31-35-32(38-40(31)28-19-24-6-3-5-21-4-1-2-7-27(21)29(24)37-36-28)34-25-11-8-20-9-12-26(13-10-23(20)18-25)39-16-14-22(15-17-39)30(41)42/h1-2,4,7-8,11,18-19,22,26H,3,5-6,9-10,12-17H2,(H,41,42)(H3,33,34,35,38). The van der Waals surface area contributed by atoms with Gasteiger partial charge in [-0.05, 0) is 111 Å². The van der Waals surface area contributed by atoms with Crippen molar-refractivity contribution >= 4 is 23.6 Å². The Kier molecular flexibility index (Phi) is 7.07. The number of nitrogens with one attached hydrogen (secondary N) is 1. The highest BCUT2D eigenvalue weighted by atomic mass is 16.4. The highest BCUT2D eigenvalue weighted by Crippen LogP contribution is 2.32. The van der Waals surface area contributed by atoms with Crippen LogP contribution in [0.15, 0.2) is 48.5 Å². The number of aromatic nitrogens is 5. The summed E-state index contributed by atoms with van der Waals surface area (Å²) in [5.74, 6) is 0.394. The average Bonchev–Trinajstić information content (AvgIpc) is 3.15. The summed E-state index contributed by atoms with van der Waals surface area (Å²) in [6.45, 7) is 1.75. The van der Waals surface area contributed by atoms with Gasteiger partial charge in [0.1, 0.15) is 0 Å². The number of rotatable bonds is 5. The SMILES string of the molecule is Nc1nc(Nc2ccc3c(c2)CCC(N2CCC(C(=O)O)CC2)CC3)nn1-c1cc2c(nn1)-c1ccccc1CCC2. The van der Waals surface area contributed by atoms with Crippen LogP contribution in [0.5, 0.6) is 0 Å². The highest BCUT2D eigenvalue weighted by molar-refractivity contribution is 5.70. The van der Waals surface area contributed by atoms with E-state index in [9.17, 15) is 9.90 Å². The number of nitrogen functional groups attached to an aromatic ring is 1. The fourth-order valence-corrected chi connectivity index (χ4v) is 6.90. The molecule has 1 aliphatic heterocycles. The highest BCUT2D eigenvalue weighted by Gasteiger charge is 2.29. The van der Waals surface area contributed by atoms with Crippen LogP contribution >= 0.6 is 0 Å². The molecular formula is C32H36N8O2. The quantitative estimate of drug-likeness (QED) is 0.298. The lowest BCUT2D eigenvalue weighted by Gasteiger charge is -2.36. The Labute approximate surface area is 245 Å². The number of hydrogen-bond acceptors (Lipinski definition) is 8. The third-order valence-electron chi connectivity index (χ3n) is 9.23. The van der Waals surface area contributed by atoms with Crippen molar-refractivity contribution in [1.29, 1.82) is 0 Å². The first-order valence-electron chi connectivity index (χ1n) is 15.1. The summed E-state index contributed by atoms with van der Waals surface area (Å²) in [5, 5.41) is 26.4. The number of aliphatic carboxylic acids is 1. The number of piperidine rings is 1. The van der Waals surface area contributed by atoms with Gasteiger partial charge in [-0.3, -0.25) is 4.79 Å². The number of benzene rings is 2. The zero-order chi connectivity index (χ0) is 28.6. The van der Waals surface area contributed by atoms with E-state index < -0.39 is 5.97 Å². The lowest BCUT2D eigenvalue weighted by molar-refractivity contribution is -0.143. The molecule has 0 amide bonds. The Bertz CT molecular complexity index is 1620. The molecule has 2 aliphatic carbocycles. The van der Waals surface area contributed by atoms with Gasteiger partial charge in [0, 0.05) is 17.3 Å². The number of nitrogens with zero attached hydrogens (tertiary/aromatic N) is 6. The molecular weight excluding hydrogens is 528 g/mol. The van der Waals surface area contributed by atoms with E-state index in [4.69, 9.17) is 5.73 Å². The smallest absolute Gasteiger partial charge is 0.306 e. The Hall–Kier alpha value is -4.31. The number of likely N-dealkylation sites (tertiary alicyclic amines) is 1. The molecule has 216 valence electrons. The first-order valence-corrected chi connectivity index (χ1v) is 15.1. The van der Waals surface area contributed by atoms with Crippen LogP contribution in [-0.4, -0.2) is 60.1 Å². The molecule has 42 heavy (non-hydrogen) atoms. The average molecular weight is 565 g/mol. The zero-order valence-corrected chi connectivity index (χ0v) is 23.7. The number of carboxylic acids is 1. The summed E-state index contributed by atoms with van der Waals surface area (Å²) in [4.78, 5) is 18.3. The molecule has 0 saturated carbocycles. The predicted molar refractivity (Wildman–Crippen MR) is 161 cm³/mol. The van der Waals surface area contributed by atoms with Crippen molar-refractivity contribution in [2.75, 3.05) is 24.1 Å². The number of fused-ring (bicyclic) bond motifs is 4. The molecule has 2 aromatic carbocycles. The zero-order valence-electron chi connectivity index (χ0n) is 23.7. The van der Waals surface area contributed by atoms with Crippen molar-refractivity contribution in [3.8, 4) is 17.1 Å². The van der Waals surface area contributed by atoms with E-state index in [1.165, 1.54) is 16.7 Å². The van der Waals surface area contributed by atoms with Crippen molar-refractivity contribution in [3.05, 3.63) is 70.8 Å². The Morgan fingerprint density at radius 1 is 0.881 bits per heavy atom. The Morgan fingerprint density at radius 3 is 2.50 bits per heavy atom. The number of carboxylic acid groups (broad SMARTS) is 1. The molecule has 1 saturated heterocycles. The fourth-order valence-electron chi connectivity index (χ4n) is 6.90. The molecule has 1 unspecified atom stereocenters. The van der Waals surface area contributed by atoms with E-state index in [2.05, 4.69) is 66.9 Å². The van der Waals surface area contributed by atoms with Gasteiger partial charge in [0.05, 0.1) is 11.6 Å². The number of nitrogens with two attached hydrogens (primary N) is 1. The lowest BCUT2D eigenvalue weighted by Crippen LogP contribution is -2.43. The third-order valence-corrected chi connectivity index (χ3v) is 9.23. The minimum Gasteiger partial charge on any atom is -0.481 e. The minimum atomic E-state index is -0.652. The molecule has 2 aromatic heterocycles. The third kappa shape index (κ3) is 5.22. The number of anilines is 3. The van der Waals surface area contributed by atoms with Crippen molar-refractivity contribution in [1.82, 2.24) is 29.9 Å². The maximum absolute atomic E-state index is 11.3. The Balaban J connectivity index is 1.05. The summed E-state index contributed by atoms with van der Waals surface area (Å²) in [6.07, 6.45) is 8.70. The van der Waals surface area contributed by atoms with Gasteiger partial charge >= 0.3 is 5.97 Å². The fraction of sp³-hybridized carbons (Fsp3) is 0.406. The second kappa shape index (κ2) is 11.2. The maximum atomic E-state index is 11.3. The molecule has 4 aromatic rings. The van der Waals surface area contributed by atoms with Crippen LogP contribution < -0.4 is 11.1 Å². The first-order chi connectivity index (χ1) is 20.5. The van der Waals surface area contributed by atoms with Crippen LogP contribution in [0.2, 0.25) is 0 Å². The predicted octanol–water partition coefficient (Wildman–Crippen LogP) is 4.58. The van der Waals surface area contributed by atoms with Gasteiger partial charge in [-0.25, -0.2) is 0 Å². The summed E-state index contributed by atoms with van der Waals surface area (Å²) in [7, 11) is 0. The van der Waals surface area contributed by atoms with Crippen molar-refractivity contribution in [2.24, 2.45) is 5.92 Å². The van der Waals surface area contributed by atoms with Crippen LogP contribution in [0.25, 0.3) is 17.1 Å². The molecule has 10 nitrogen and oxygen atoms in total. The summed E-state index contributed by atoms with van der Waals surface area (Å²) in [5.41, 5.74) is 14.5. The number of carbonyl (C=O) groups is 1.